The van der Waals surface area contributed by atoms with Gasteiger partial charge in [0.05, 0.1) is 4.88 Å². The molecule has 0 amide bonds. The Hall–Kier alpha value is -0.860. The van der Waals surface area contributed by atoms with Crippen LogP contribution in [0.15, 0.2) is 18.2 Å². The summed E-state index contributed by atoms with van der Waals surface area (Å²) in [5.74, 6) is 0.496. The van der Waals surface area contributed by atoms with Crippen LogP contribution in [0, 0.1) is 6.92 Å². The second-order valence-corrected chi connectivity index (χ2v) is 4.46. The first kappa shape index (κ1) is 9.69. The van der Waals surface area contributed by atoms with Gasteiger partial charge in [-0.25, -0.2) is 0 Å². The van der Waals surface area contributed by atoms with Crippen molar-refractivity contribution in [1.29, 1.82) is 0 Å². The van der Waals surface area contributed by atoms with Crippen LogP contribution in [0.1, 0.15) is 20.8 Å². The van der Waals surface area contributed by atoms with Gasteiger partial charge in [0.1, 0.15) is 0 Å². The molecule has 0 aliphatic heterocycles. The van der Waals surface area contributed by atoms with Crippen LogP contribution >= 0.6 is 22.9 Å². The summed E-state index contributed by atoms with van der Waals surface area (Å²) in [6.07, 6.45) is 0.915. The van der Waals surface area contributed by atoms with Gasteiger partial charge in [-0.2, -0.15) is 0 Å². The maximum Gasteiger partial charge on any atom is 0.160 e. The van der Waals surface area contributed by atoms with Crippen molar-refractivity contribution in [3.63, 3.8) is 0 Å². The maximum atomic E-state index is 10.8. The van der Waals surface area contributed by atoms with Crippen molar-refractivity contribution >= 4 is 39.3 Å². The van der Waals surface area contributed by atoms with Crippen LogP contribution in [-0.4, -0.2) is 6.29 Å². The third-order valence-electron chi connectivity index (χ3n) is 2.33. The molecule has 2 rings (SSSR count). The summed E-state index contributed by atoms with van der Waals surface area (Å²) in [5, 5.41) is 1.15. The molecule has 1 heterocycles. The number of halogens is 1. The molecule has 0 aliphatic rings. The van der Waals surface area contributed by atoms with Gasteiger partial charge in [0.15, 0.2) is 6.29 Å². The van der Waals surface area contributed by atoms with Crippen LogP contribution in [0.5, 0.6) is 0 Å². The summed E-state index contributed by atoms with van der Waals surface area (Å²) < 4.78 is 1.14. The Balaban J connectivity index is 2.83. The molecule has 0 radical (unpaired) electrons. The first-order valence-electron chi connectivity index (χ1n) is 4.30. The molecular formula is C11H9ClOS. The van der Waals surface area contributed by atoms with E-state index in [1.54, 1.807) is 0 Å². The maximum absolute atomic E-state index is 10.8. The molecule has 0 saturated heterocycles. The third-order valence-corrected chi connectivity index (χ3v) is 3.93. The largest absolute Gasteiger partial charge is 0.297 e. The summed E-state index contributed by atoms with van der Waals surface area (Å²) >= 11 is 7.35. The monoisotopic (exact) mass is 224 g/mol. The molecule has 1 aromatic heterocycles. The summed E-state index contributed by atoms with van der Waals surface area (Å²) in [6.45, 7) is 1.97. The predicted molar refractivity (Wildman–Crippen MR) is 61.5 cm³/mol. The van der Waals surface area contributed by atoms with Gasteiger partial charge in [0.25, 0.3) is 0 Å². The van der Waals surface area contributed by atoms with Gasteiger partial charge in [-0.05, 0) is 23.4 Å². The van der Waals surface area contributed by atoms with Crippen LogP contribution in [0.3, 0.4) is 0 Å². The highest BCUT2D eigenvalue weighted by molar-refractivity contribution is 7.21. The van der Waals surface area contributed by atoms with Gasteiger partial charge >= 0.3 is 0 Å². The normalized spacial score (nSPS) is 10.7. The third kappa shape index (κ3) is 1.35. The molecular weight excluding hydrogens is 216 g/mol. The quantitative estimate of drug-likeness (QED) is 0.561. The number of carbonyl (C=O) groups is 1. The number of aldehydes is 1. The van der Waals surface area contributed by atoms with Crippen LogP contribution in [0.4, 0.5) is 0 Å². The van der Waals surface area contributed by atoms with E-state index in [9.17, 15) is 4.79 Å². The molecule has 0 N–H and O–H groups in total. The Labute approximate surface area is 91.3 Å². The van der Waals surface area contributed by atoms with Gasteiger partial charge in [0.2, 0.25) is 0 Å². The highest BCUT2D eigenvalue weighted by atomic mass is 35.5. The molecule has 1 nitrogen and oxygen atoms in total. The van der Waals surface area contributed by atoms with Crippen molar-refractivity contribution in [2.24, 2.45) is 0 Å². The Morgan fingerprint density at radius 1 is 1.50 bits per heavy atom. The van der Waals surface area contributed by atoms with Gasteiger partial charge < -0.3 is 0 Å². The molecule has 0 atom stereocenters. The molecule has 3 heteroatoms. The zero-order valence-electron chi connectivity index (χ0n) is 7.71. The smallest absolute Gasteiger partial charge is 0.160 e. The number of rotatable bonds is 2. The van der Waals surface area contributed by atoms with E-state index in [-0.39, 0.29) is 0 Å². The highest BCUT2D eigenvalue weighted by Crippen LogP contribution is 2.32. The first-order chi connectivity index (χ1) is 6.77. The van der Waals surface area contributed by atoms with Crippen molar-refractivity contribution in [3.8, 4) is 0 Å². The van der Waals surface area contributed by atoms with Crippen LogP contribution in [-0.2, 0) is 5.88 Å². The van der Waals surface area contributed by atoms with Crippen LogP contribution in [0.25, 0.3) is 10.1 Å². The molecule has 1 aromatic carbocycles. The first-order valence-corrected chi connectivity index (χ1v) is 5.65. The van der Waals surface area contributed by atoms with E-state index >= 15 is 0 Å². The predicted octanol–water partition coefficient (Wildman–Crippen LogP) is 3.76. The second-order valence-electron chi connectivity index (χ2n) is 3.14. The second kappa shape index (κ2) is 3.71. The summed E-state index contributed by atoms with van der Waals surface area (Å²) in [7, 11) is 0. The lowest BCUT2D eigenvalue weighted by atomic mass is 10.1. The molecule has 2 aromatic rings. The molecule has 14 heavy (non-hydrogen) atoms. The zero-order valence-corrected chi connectivity index (χ0v) is 9.28. The van der Waals surface area contributed by atoms with E-state index < -0.39 is 0 Å². The van der Waals surface area contributed by atoms with E-state index in [1.807, 2.05) is 25.1 Å². The number of thiophene rings is 1. The SMILES string of the molecule is Cc1c(C=O)sc2c(CCl)cccc12. The summed E-state index contributed by atoms with van der Waals surface area (Å²) in [5.41, 5.74) is 2.16. The van der Waals surface area contributed by atoms with Crippen molar-refractivity contribution in [2.75, 3.05) is 0 Å². The lowest BCUT2D eigenvalue weighted by Crippen LogP contribution is -1.78. The van der Waals surface area contributed by atoms with E-state index in [0.29, 0.717) is 5.88 Å². The van der Waals surface area contributed by atoms with E-state index in [0.717, 1.165) is 32.4 Å². The number of carbonyl (C=O) groups excluding carboxylic acids is 1. The number of hydrogen-bond donors (Lipinski definition) is 0. The fourth-order valence-electron chi connectivity index (χ4n) is 1.54. The minimum atomic E-state index is 0.496. The Kier molecular flexibility index (Phi) is 2.57. The minimum absolute atomic E-state index is 0.496. The number of fused-ring (bicyclic) bond motifs is 1. The Morgan fingerprint density at radius 3 is 2.93 bits per heavy atom. The van der Waals surface area contributed by atoms with Gasteiger partial charge in [-0.1, -0.05) is 18.2 Å². The molecule has 0 unspecified atom stereocenters. The van der Waals surface area contributed by atoms with E-state index in [1.165, 1.54) is 11.3 Å². The average Bonchev–Trinajstić information content (AvgIpc) is 2.55. The number of hydrogen-bond acceptors (Lipinski definition) is 2. The van der Waals surface area contributed by atoms with Crippen LogP contribution in [0.2, 0.25) is 0 Å². The lowest BCUT2D eigenvalue weighted by molar-refractivity contribution is 0.112. The summed E-state index contributed by atoms with van der Waals surface area (Å²) in [6, 6.07) is 6.01. The fraction of sp³-hybridized carbons (Fsp3) is 0.182. The van der Waals surface area contributed by atoms with Gasteiger partial charge in [-0.15, -0.1) is 22.9 Å². The van der Waals surface area contributed by atoms with Gasteiger partial charge in [-0.3, -0.25) is 4.79 Å². The minimum Gasteiger partial charge on any atom is -0.297 e. The molecule has 0 spiro atoms. The van der Waals surface area contributed by atoms with E-state index in [4.69, 9.17) is 11.6 Å². The molecule has 0 aliphatic carbocycles. The Bertz CT molecular complexity index is 487. The summed E-state index contributed by atoms with van der Waals surface area (Å²) in [4.78, 5) is 11.6. The number of alkyl halides is 1. The van der Waals surface area contributed by atoms with Crippen molar-refractivity contribution in [1.82, 2.24) is 0 Å². The highest BCUT2D eigenvalue weighted by Gasteiger charge is 2.09. The topological polar surface area (TPSA) is 17.1 Å². The average molecular weight is 225 g/mol. The number of aryl methyl sites for hydroxylation is 1. The van der Waals surface area contributed by atoms with Crippen molar-refractivity contribution in [2.45, 2.75) is 12.8 Å². The molecule has 0 saturated carbocycles. The van der Waals surface area contributed by atoms with Crippen molar-refractivity contribution in [3.05, 3.63) is 34.2 Å². The fourth-order valence-corrected chi connectivity index (χ4v) is 2.97. The van der Waals surface area contributed by atoms with Gasteiger partial charge in [0, 0.05) is 10.6 Å². The van der Waals surface area contributed by atoms with Crippen molar-refractivity contribution < 1.29 is 4.79 Å². The Morgan fingerprint density at radius 2 is 2.29 bits per heavy atom. The zero-order chi connectivity index (χ0) is 10.1. The molecule has 0 bridgehead atoms. The standard InChI is InChI=1S/C11H9ClOS/c1-7-9-4-2-3-8(5-12)11(9)14-10(7)6-13/h2-4,6H,5H2,1H3. The van der Waals surface area contributed by atoms with E-state index in [2.05, 4.69) is 0 Å². The molecule has 0 fully saturated rings. The lowest BCUT2D eigenvalue weighted by Gasteiger charge is -1.96. The molecule has 72 valence electrons. The number of benzene rings is 1. The van der Waals surface area contributed by atoms with Crippen LogP contribution < -0.4 is 0 Å².